The molecule has 0 aliphatic rings. The Bertz CT molecular complexity index is 853. The number of para-hydroxylation sites is 1. The van der Waals surface area contributed by atoms with Crippen LogP contribution < -0.4 is 10.1 Å². The van der Waals surface area contributed by atoms with Crippen LogP contribution in [0.4, 0.5) is 0 Å². The second-order valence-corrected chi connectivity index (χ2v) is 5.83. The number of nitrogens with zero attached hydrogens (tertiary/aromatic N) is 1. The van der Waals surface area contributed by atoms with Crippen molar-refractivity contribution < 1.29 is 9.53 Å². The molecule has 0 aliphatic carbocycles. The van der Waals surface area contributed by atoms with Gasteiger partial charge in [0.05, 0.1) is 5.56 Å². The fraction of sp³-hybridized carbons (Fsp3) is 0.100. The Kier molecular flexibility index (Phi) is 5.65. The number of pyridine rings is 1. The van der Waals surface area contributed by atoms with E-state index < -0.39 is 0 Å². The molecule has 0 fully saturated rings. The zero-order valence-electron chi connectivity index (χ0n) is 13.5. The normalized spacial score (nSPS) is 10.3. The van der Waals surface area contributed by atoms with Crippen LogP contribution in [0.25, 0.3) is 0 Å². The quantitative estimate of drug-likeness (QED) is 0.721. The van der Waals surface area contributed by atoms with Crippen molar-refractivity contribution in [1.29, 1.82) is 0 Å². The fourth-order valence-corrected chi connectivity index (χ4v) is 2.52. The van der Waals surface area contributed by atoms with Crippen LogP contribution in [0.3, 0.4) is 0 Å². The van der Waals surface area contributed by atoms with E-state index in [9.17, 15) is 4.79 Å². The van der Waals surface area contributed by atoms with Gasteiger partial charge in [-0.2, -0.15) is 0 Å². The summed E-state index contributed by atoms with van der Waals surface area (Å²) in [5.74, 6) is 0.324. The summed E-state index contributed by atoms with van der Waals surface area (Å²) in [6.07, 6.45) is 3.42. The summed E-state index contributed by atoms with van der Waals surface area (Å²) < 4.78 is 5.82. The van der Waals surface area contributed by atoms with E-state index in [1.807, 2.05) is 42.5 Å². The molecule has 3 rings (SSSR count). The molecule has 1 N–H and O–H groups in total. The first-order chi connectivity index (χ1) is 12.2. The van der Waals surface area contributed by atoms with Crippen LogP contribution in [0.1, 0.15) is 21.5 Å². The number of amides is 1. The summed E-state index contributed by atoms with van der Waals surface area (Å²) in [5.41, 5.74) is 2.29. The second-order valence-electron chi connectivity index (χ2n) is 5.42. The Morgan fingerprint density at radius 1 is 1.04 bits per heavy atom. The molecule has 1 aromatic heterocycles. The maximum atomic E-state index is 12.5. The molecule has 25 heavy (non-hydrogen) atoms. The van der Waals surface area contributed by atoms with Crippen LogP contribution in [-0.2, 0) is 13.2 Å². The lowest BCUT2D eigenvalue weighted by Crippen LogP contribution is -2.23. The summed E-state index contributed by atoms with van der Waals surface area (Å²) >= 11 is 6.15. The number of ether oxygens (including phenoxy) is 1. The lowest BCUT2D eigenvalue weighted by molar-refractivity contribution is 0.0946. The SMILES string of the molecule is O=C(NCc1cccnc1)c1ccccc1OCc1ccccc1Cl. The average molecular weight is 353 g/mol. The minimum atomic E-state index is -0.196. The summed E-state index contributed by atoms with van der Waals surface area (Å²) in [5, 5.41) is 3.52. The Labute approximate surface area is 151 Å². The van der Waals surface area contributed by atoms with Gasteiger partial charge in [-0.3, -0.25) is 9.78 Å². The molecule has 1 amide bonds. The minimum Gasteiger partial charge on any atom is -0.488 e. The Balaban J connectivity index is 1.68. The first-order valence-corrected chi connectivity index (χ1v) is 8.24. The highest BCUT2D eigenvalue weighted by molar-refractivity contribution is 6.31. The third kappa shape index (κ3) is 4.58. The summed E-state index contributed by atoms with van der Waals surface area (Å²) in [7, 11) is 0. The van der Waals surface area contributed by atoms with Gasteiger partial charge in [0.15, 0.2) is 0 Å². The molecule has 0 atom stereocenters. The molecule has 1 heterocycles. The number of hydrogen-bond donors (Lipinski definition) is 1. The molecule has 4 nitrogen and oxygen atoms in total. The van der Waals surface area contributed by atoms with E-state index in [0.29, 0.717) is 29.5 Å². The van der Waals surface area contributed by atoms with Crippen molar-refractivity contribution in [1.82, 2.24) is 10.3 Å². The molecule has 3 aromatic rings. The summed E-state index contributed by atoms with van der Waals surface area (Å²) in [6, 6.07) is 18.4. The van der Waals surface area contributed by atoms with Crippen LogP contribution in [-0.4, -0.2) is 10.9 Å². The van der Waals surface area contributed by atoms with E-state index in [2.05, 4.69) is 10.3 Å². The van der Waals surface area contributed by atoms with Crippen LogP contribution >= 0.6 is 11.6 Å². The standard InChI is InChI=1S/C20H17ClN2O2/c21-18-9-3-1-7-16(18)14-25-19-10-4-2-8-17(19)20(24)23-13-15-6-5-11-22-12-15/h1-12H,13-14H2,(H,23,24). The minimum absolute atomic E-state index is 0.196. The highest BCUT2D eigenvalue weighted by Gasteiger charge is 2.12. The average Bonchev–Trinajstić information content (AvgIpc) is 2.66. The summed E-state index contributed by atoms with van der Waals surface area (Å²) in [6.45, 7) is 0.706. The van der Waals surface area contributed by atoms with Crippen LogP contribution in [0, 0.1) is 0 Å². The van der Waals surface area contributed by atoms with Gasteiger partial charge in [0.2, 0.25) is 0 Å². The van der Waals surface area contributed by atoms with Gasteiger partial charge < -0.3 is 10.1 Å². The first-order valence-electron chi connectivity index (χ1n) is 7.86. The largest absolute Gasteiger partial charge is 0.488 e. The van der Waals surface area contributed by atoms with E-state index in [0.717, 1.165) is 11.1 Å². The lowest BCUT2D eigenvalue weighted by Gasteiger charge is -2.12. The van der Waals surface area contributed by atoms with Crippen molar-refractivity contribution in [3.8, 4) is 5.75 Å². The maximum Gasteiger partial charge on any atom is 0.255 e. The Morgan fingerprint density at radius 3 is 2.64 bits per heavy atom. The smallest absolute Gasteiger partial charge is 0.255 e. The molecule has 2 aromatic carbocycles. The third-order valence-corrected chi connectivity index (χ3v) is 4.02. The number of hydrogen-bond acceptors (Lipinski definition) is 3. The molecule has 0 bridgehead atoms. The summed E-state index contributed by atoms with van der Waals surface area (Å²) in [4.78, 5) is 16.5. The highest BCUT2D eigenvalue weighted by Crippen LogP contribution is 2.22. The van der Waals surface area contributed by atoms with Gasteiger partial charge in [0.1, 0.15) is 12.4 Å². The van der Waals surface area contributed by atoms with Gasteiger partial charge in [-0.05, 0) is 29.8 Å². The zero-order chi connectivity index (χ0) is 17.5. The van der Waals surface area contributed by atoms with Crippen molar-refractivity contribution in [2.24, 2.45) is 0 Å². The van der Waals surface area contributed by atoms with E-state index in [-0.39, 0.29) is 5.91 Å². The van der Waals surface area contributed by atoms with E-state index >= 15 is 0 Å². The number of halogens is 1. The molecule has 0 saturated carbocycles. The topological polar surface area (TPSA) is 51.2 Å². The van der Waals surface area contributed by atoms with Crippen LogP contribution in [0.2, 0.25) is 5.02 Å². The van der Waals surface area contributed by atoms with Crippen molar-refractivity contribution in [3.63, 3.8) is 0 Å². The third-order valence-electron chi connectivity index (χ3n) is 3.65. The molecule has 5 heteroatoms. The monoisotopic (exact) mass is 352 g/mol. The van der Waals surface area contributed by atoms with Gasteiger partial charge in [-0.1, -0.05) is 48.0 Å². The highest BCUT2D eigenvalue weighted by atomic mass is 35.5. The van der Waals surface area contributed by atoms with E-state index in [4.69, 9.17) is 16.3 Å². The lowest BCUT2D eigenvalue weighted by atomic mass is 10.1. The van der Waals surface area contributed by atoms with E-state index in [1.54, 1.807) is 30.6 Å². The maximum absolute atomic E-state index is 12.5. The second kappa shape index (κ2) is 8.31. The Morgan fingerprint density at radius 2 is 1.84 bits per heavy atom. The van der Waals surface area contributed by atoms with Crippen molar-refractivity contribution >= 4 is 17.5 Å². The van der Waals surface area contributed by atoms with Crippen molar-refractivity contribution in [2.45, 2.75) is 13.2 Å². The number of benzene rings is 2. The number of carbonyl (C=O) groups is 1. The van der Waals surface area contributed by atoms with Crippen LogP contribution in [0.5, 0.6) is 5.75 Å². The van der Waals surface area contributed by atoms with Crippen LogP contribution in [0.15, 0.2) is 73.1 Å². The molecule has 0 radical (unpaired) electrons. The molecule has 0 saturated heterocycles. The molecule has 0 aliphatic heterocycles. The number of aromatic nitrogens is 1. The van der Waals surface area contributed by atoms with Gasteiger partial charge in [-0.15, -0.1) is 0 Å². The molecule has 126 valence electrons. The predicted molar refractivity (Wildman–Crippen MR) is 97.6 cm³/mol. The van der Waals surface area contributed by atoms with Crippen molar-refractivity contribution in [2.75, 3.05) is 0 Å². The predicted octanol–water partition coefficient (Wildman–Crippen LogP) is 4.24. The zero-order valence-corrected chi connectivity index (χ0v) is 14.2. The fourth-order valence-electron chi connectivity index (χ4n) is 2.33. The molecular weight excluding hydrogens is 336 g/mol. The van der Waals surface area contributed by atoms with Crippen molar-refractivity contribution in [3.05, 3.63) is 94.8 Å². The van der Waals surface area contributed by atoms with E-state index in [1.165, 1.54) is 0 Å². The number of rotatable bonds is 6. The van der Waals surface area contributed by atoms with Gasteiger partial charge in [-0.25, -0.2) is 0 Å². The first kappa shape index (κ1) is 17.0. The molecule has 0 spiro atoms. The van der Waals surface area contributed by atoms with Gasteiger partial charge >= 0.3 is 0 Å². The van der Waals surface area contributed by atoms with Gasteiger partial charge in [0, 0.05) is 29.5 Å². The molecule has 0 unspecified atom stereocenters. The number of nitrogens with one attached hydrogen (secondary N) is 1. The van der Waals surface area contributed by atoms with Gasteiger partial charge in [0.25, 0.3) is 5.91 Å². The molecular formula is C20H17ClN2O2. The Hall–Kier alpha value is -2.85. The number of carbonyl (C=O) groups excluding carboxylic acids is 1.